The maximum atomic E-state index is 13.1. The van der Waals surface area contributed by atoms with E-state index in [1.54, 1.807) is 17.1 Å². The van der Waals surface area contributed by atoms with E-state index in [-0.39, 0.29) is 5.91 Å². The van der Waals surface area contributed by atoms with Crippen LogP contribution in [0.4, 0.5) is 0 Å². The van der Waals surface area contributed by atoms with Crippen molar-refractivity contribution in [1.29, 1.82) is 0 Å². The minimum Gasteiger partial charge on any atom is -0.336 e. The number of amides is 1. The van der Waals surface area contributed by atoms with Gasteiger partial charge in [0.15, 0.2) is 11.6 Å². The predicted molar refractivity (Wildman–Crippen MR) is 97.7 cm³/mol. The lowest BCUT2D eigenvalue weighted by Crippen LogP contribution is -2.34. The molecule has 0 spiro atoms. The van der Waals surface area contributed by atoms with Crippen molar-refractivity contribution in [3.05, 3.63) is 53.5 Å². The Labute approximate surface area is 156 Å². The normalized spacial score (nSPS) is 16.9. The maximum absolute atomic E-state index is 13.1. The molecule has 0 unspecified atom stereocenters. The number of hydrogen-bond acceptors (Lipinski definition) is 5. The van der Waals surface area contributed by atoms with Crippen LogP contribution in [0, 0.1) is 6.92 Å². The molecule has 1 aliphatic carbocycles. The van der Waals surface area contributed by atoms with Crippen LogP contribution in [0.5, 0.6) is 0 Å². The van der Waals surface area contributed by atoms with Crippen molar-refractivity contribution >= 4 is 5.91 Å². The average Bonchev–Trinajstić information content (AvgIpc) is 3.41. The molecule has 1 aliphatic heterocycles. The summed E-state index contributed by atoms with van der Waals surface area (Å²) in [6.07, 6.45) is 6.50. The number of carbonyl (C=O) groups is 1. The van der Waals surface area contributed by atoms with Crippen LogP contribution in [0.15, 0.2) is 30.6 Å². The smallest absolute Gasteiger partial charge is 0.257 e. The molecule has 0 N–H and O–H groups in total. The Kier molecular flexibility index (Phi) is 3.77. The highest BCUT2D eigenvalue weighted by molar-refractivity contribution is 5.95. The van der Waals surface area contributed by atoms with E-state index in [9.17, 15) is 4.79 Å². The Bertz CT molecular complexity index is 961. The molecule has 2 aliphatic rings. The highest BCUT2D eigenvalue weighted by atomic mass is 16.2. The Morgan fingerprint density at radius 2 is 2.07 bits per heavy atom. The first-order valence-electron chi connectivity index (χ1n) is 9.39. The second-order valence-electron chi connectivity index (χ2n) is 7.17. The second-order valence-corrected chi connectivity index (χ2v) is 7.17. The molecule has 3 aromatic heterocycles. The maximum Gasteiger partial charge on any atom is 0.257 e. The number of hydrogen-bond donors (Lipinski definition) is 0. The van der Waals surface area contributed by atoms with Crippen LogP contribution in [-0.4, -0.2) is 53.4 Å². The Balaban J connectivity index is 1.34. The van der Waals surface area contributed by atoms with Gasteiger partial charge in [-0.3, -0.25) is 4.79 Å². The van der Waals surface area contributed by atoms with Gasteiger partial charge in [0.25, 0.3) is 5.91 Å². The van der Waals surface area contributed by atoms with E-state index < -0.39 is 0 Å². The minimum atomic E-state index is 0.00264. The molecule has 5 rings (SSSR count). The molecule has 4 heterocycles. The van der Waals surface area contributed by atoms with E-state index in [0.717, 1.165) is 23.8 Å². The zero-order chi connectivity index (χ0) is 18.4. The average molecular weight is 363 g/mol. The highest BCUT2D eigenvalue weighted by Gasteiger charge is 2.30. The fourth-order valence-electron chi connectivity index (χ4n) is 3.54. The lowest BCUT2D eigenvalue weighted by molar-refractivity contribution is 0.0757. The van der Waals surface area contributed by atoms with E-state index in [1.165, 1.54) is 12.8 Å². The molecule has 0 saturated heterocycles. The molecule has 27 heavy (non-hydrogen) atoms. The molecule has 8 heteroatoms. The van der Waals surface area contributed by atoms with Crippen molar-refractivity contribution < 1.29 is 4.79 Å². The minimum absolute atomic E-state index is 0.00264. The summed E-state index contributed by atoms with van der Waals surface area (Å²) in [5.74, 6) is 3.25. The van der Waals surface area contributed by atoms with E-state index in [1.807, 2.05) is 34.7 Å². The lowest BCUT2D eigenvalue weighted by atomic mass is 10.2. The Morgan fingerprint density at radius 3 is 2.85 bits per heavy atom. The summed E-state index contributed by atoms with van der Waals surface area (Å²) in [4.78, 5) is 24.0. The van der Waals surface area contributed by atoms with Gasteiger partial charge >= 0.3 is 0 Å². The summed E-state index contributed by atoms with van der Waals surface area (Å²) in [6.45, 7) is 3.87. The zero-order valence-corrected chi connectivity index (χ0v) is 15.2. The van der Waals surface area contributed by atoms with Gasteiger partial charge in [-0.25, -0.2) is 19.3 Å². The van der Waals surface area contributed by atoms with Crippen molar-refractivity contribution in [2.45, 2.75) is 38.6 Å². The third kappa shape index (κ3) is 2.90. The van der Waals surface area contributed by atoms with Gasteiger partial charge in [-0.1, -0.05) is 6.07 Å². The SMILES string of the molecule is Cc1c(C(=O)N2CCc3nc(C4CC4)nn3CC2)cnn1-c1ccccn1. The molecule has 3 aromatic rings. The number of carbonyl (C=O) groups excluding carboxylic acids is 1. The Hall–Kier alpha value is -3.03. The number of fused-ring (bicyclic) bond motifs is 1. The van der Waals surface area contributed by atoms with Gasteiger partial charge in [0, 0.05) is 31.6 Å². The number of nitrogens with zero attached hydrogens (tertiary/aromatic N) is 7. The number of rotatable bonds is 3. The monoisotopic (exact) mass is 363 g/mol. The summed E-state index contributed by atoms with van der Waals surface area (Å²) >= 11 is 0. The van der Waals surface area contributed by atoms with Crippen LogP contribution in [0.1, 0.15) is 46.5 Å². The quantitative estimate of drug-likeness (QED) is 0.708. The van der Waals surface area contributed by atoms with Crippen LogP contribution in [-0.2, 0) is 13.0 Å². The summed E-state index contributed by atoms with van der Waals surface area (Å²) in [5, 5.41) is 9.01. The molecule has 0 bridgehead atoms. The van der Waals surface area contributed by atoms with Crippen LogP contribution < -0.4 is 0 Å². The van der Waals surface area contributed by atoms with Crippen molar-refractivity contribution in [1.82, 2.24) is 34.4 Å². The lowest BCUT2D eigenvalue weighted by Gasteiger charge is -2.19. The van der Waals surface area contributed by atoms with E-state index in [4.69, 9.17) is 0 Å². The fourth-order valence-corrected chi connectivity index (χ4v) is 3.54. The molecule has 1 saturated carbocycles. The topological polar surface area (TPSA) is 81.7 Å². The van der Waals surface area contributed by atoms with Crippen molar-refractivity contribution in [3.8, 4) is 5.82 Å². The van der Waals surface area contributed by atoms with Crippen LogP contribution in [0.3, 0.4) is 0 Å². The van der Waals surface area contributed by atoms with Crippen molar-refractivity contribution in [3.63, 3.8) is 0 Å². The predicted octanol–water partition coefficient (Wildman–Crippen LogP) is 1.74. The molecule has 138 valence electrons. The van der Waals surface area contributed by atoms with E-state index in [0.29, 0.717) is 36.9 Å². The number of pyridine rings is 1. The summed E-state index contributed by atoms with van der Waals surface area (Å²) < 4.78 is 3.69. The van der Waals surface area contributed by atoms with Crippen molar-refractivity contribution in [2.24, 2.45) is 0 Å². The molecular formula is C19H21N7O. The molecule has 0 atom stereocenters. The highest BCUT2D eigenvalue weighted by Crippen LogP contribution is 2.38. The fraction of sp³-hybridized carbons (Fsp3) is 0.421. The second kappa shape index (κ2) is 6.29. The standard InChI is InChI=1S/C19H21N7O/c1-13-15(12-21-26(13)16-4-2-3-8-20-16)19(27)24-9-7-17-22-18(14-5-6-14)23-25(17)11-10-24/h2-4,8,12,14H,5-7,9-11H2,1H3. The molecular weight excluding hydrogens is 342 g/mol. The van der Waals surface area contributed by atoms with Crippen molar-refractivity contribution in [2.75, 3.05) is 13.1 Å². The Morgan fingerprint density at radius 1 is 1.19 bits per heavy atom. The van der Waals surface area contributed by atoms with Gasteiger partial charge < -0.3 is 4.90 Å². The van der Waals surface area contributed by atoms with Crippen LogP contribution in [0.2, 0.25) is 0 Å². The summed E-state index contributed by atoms with van der Waals surface area (Å²) in [6, 6.07) is 5.64. The third-order valence-corrected chi connectivity index (χ3v) is 5.29. The first kappa shape index (κ1) is 16.2. The van der Waals surface area contributed by atoms with E-state index >= 15 is 0 Å². The van der Waals surface area contributed by atoms with Gasteiger partial charge in [-0.05, 0) is 31.9 Å². The van der Waals surface area contributed by atoms with Gasteiger partial charge in [-0.2, -0.15) is 10.2 Å². The van der Waals surface area contributed by atoms with Crippen LogP contribution >= 0.6 is 0 Å². The molecule has 1 fully saturated rings. The summed E-state index contributed by atoms with van der Waals surface area (Å²) in [5.41, 5.74) is 1.42. The third-order valence-electron chi connectivity index (χ3n) is 5.29. The molecule has 8 nitrogen and oxygen atoms in total. The largest absolute Gasteiger partial charge is 0.336 e. The number of aromatic nitrogens is 6. The molecule has 1 amide bonds. The van der Waals surface area contributed by atoms with E-state index in [2.05, 4.69) is 20.2 Å². The van der Waals surface area contributed by atoms with Gasteiger partial charge in [0.05, 0.1) is 24.0 Å². The summed E-state index contributed by atoms with van der Waals surface area (Å²) in [7, 11) is 0. The van der Waals surface area contributed by atoms with Gasteiger partial charge in [0.2, 0.25) is 0 Å². The van der Waals surface area contributed by atoms with Gasteiger partial charge in [-0.15, -0.1) is 0 Å². The van der Waals surface area contributed by atoms with Gasteiger partial charge in [0.1, 0.15) is 5.82 Å². The first-order valence-corrected chi connectivity index (χ1v) is 9.39. The zero-order valence-electron chi connectivity index (χ0n) is 15.2. The van der Waals surface area contributed by atoms with Crippen LogP contribution in [0.25, 0.3) is 5.82 Å². The molecule has 0 aromatic carbocycles. The first-order chi connectivity index (χ1) is 13.2. The molecule has 0 radical (unpaired) electrons.